The predicted molar refractivity (Wildman–Crippen MR) is 83.0 cm³/mol. The van der Waals surface area contributed by atoms with Gasteiger partial charge < -0.3 is 10.2 Å². The monoisotopic (exact) mass is 274 g/mol. The molecule has 20 heavy (non-hydrogen) atoms. The Hall–Kier alpha value is -1.13. The van der Waals surface area contributed by atoms with Crippen molar-refractivity contribution >= 4 is 5.82 Å². The molecule has 0 amide bonds. The number of aromatic nitrogens is 1. The van der Waals surface area contributed by atoms with E-state index in [0.29, 0.717) is 6.04 Å². The van der Waals surface area contributed by atoms with E-state index in [4.69, 9.17) is 4.98 Å². The van der Waals surface area contributed by atoms with Crippen LogP contribution in [0.2, 0.25) is 0 Å². The summed E-state index contributed by atoms with van der Waals surface area (Å²) >= 11 is 0. The number of rotatable bonds is 5. The first-order valence-corrected chi connectivity index (χ1v) is 7.90. The van der Waals surface area contributed by atoms with E-state index in [2.05, 4.69) is 47.3 Å². The second kappa shape index (κ2) is 6.10. The van der Waals surface area contributed by atoms with Gasteiger partial charge in [0.05, 0.1) is 5.69 Å². The van der Waals surface area contributed by atoms with E-state index in [-0.39, 0.29) is 0 Å². The van der Waals surface area contributed by atoms with Gasteiger partial charge in [0.25, 0.3) is 0 Å². The Balaban J connectivity index is 1.64. The molecule has 0 spiro atoms. The third-order valence-electron chi connectivity index (χ3n) is 4.51. The van der Waals surface area contributed by atoms with Crippen LogP contribution in [0.5, 0.6) is 0 Å². The number of nitrogens with zero attached hydrogens (tertiary/aromatic N) is 3. The molecule has 4 heteroatoms. The van der Waals surface area contributed by atoms with Gasteiger partial charge in [-0.15, -0.1) is 0 Å². The van der Waals surface area contributed by atoms with Crippen molar-refractivity contribution < 1.29 is 0 Å². The van der Waals surface area contributed by atoms with Gasteiger partial charge in [0.15, 0.2) is 0 Å². The fraction of sp³-hybridized carbons (Fsp3) is 0.688. The summed E-state index contributed by atoms with van der Waals surface area (Å²) in [5.41, 5.74) is 1.17. The van der Waals surface area contributed by atoms with Crippen LogP contribution in [0.4, 0.5) is 5.82 Å². The fourth-order valence-corrected chi connectivity index (χ4v) is 2.87. The average molecular weight is 274 g/mol. The van der Waals surface area contributed by atoms with Crippen LogP contribution in [0.1, 0.15) is 31.9 Å². The molecule has 1 saturated carbocycles. The van der Waals surface area contributed by atoms with Crippen molar-refractivity contribution in [3.8, 4) is 0 Å². The lowest BCUT2D eigenvalue weighted by Gasteiger charge is -2.39. The number of likely N-dealkylation sites (N-methyl/N-ethyl adjacent to an activating group) is 1. The van der Waals surface area contributed by atoms with Crippen molar-refractivity contribution in [1.29, 1.82) is 0 Å². The number of piperazine rings is 1. The summed E-state index contributed by atoms with van der Waals surface area (Å²) in [7, 11) is 2.23. The van der Waals surface area contributed by atoms with Gasteiger partial charge in [0, 0.05) is 38.3 Å². The zero-order valence-corrected chi connectivity index (χ0v) is 12.7. The quantitative estimate of drug-likeness (QED) is 0.888. The normalized spacial score (nSPS) is 24.1. The van der Waals surface area contributed by atoms with Crippen LogP contribution in [-0.2, 0) is 6.54 Å². The number of anilines is 1. The Morgan fingerprint density at radius 1 is 1.30 bits per heavy atom. The van der Waals surface area contributed by atoms with Gasteiger partial charge in [-0.2, -0.15) is 0 Å². The highest BCUT2D eigenvalue weighted by molar-refractivity contribution is 5.40. The summed E-state index contributed by atoms with van der Waals surface area (Å²) in [5.74, 6) is 1.15. The zero-order chi connectivity index (χ0) is 13.9. The first kappa shape index (κ1) is 13.8. The van der Waals surface area contributed by atoms with Crippen LogP contribution < -0.4 is 10.2 Å². The van der Waals surface area contributed by atoms with E-state index < -0.39 is 0 Å². The zero-order valence-electron chi connectivity index (χ0n) is 12.7. The minimum atomic E-state index is 0.652. The van der Waals surface area contributed by atoms with E-state index in [1.54, 1.807) is 0 Å². The van der Waals surface area contributed by atoms with Crippen molar-refractivity contribution in [2.24, 2.45) is 0 Å². The number of pyridine rings is 1. The van der Waals surface area contributed by atoms with Gasteiger partial charge in [0.2, 0.25) is 0 Å². The van der Waals surface area contributed by atoms with Crippen molar-refractivity contribution in [2.75, 3.05) is 31.6 Å². The van der Waals surface area contributed by atoms with E-state index in [1.807, 2.05) is 0 Å². The Kier molecular flexibility index (Phi) is 4.22. The van der Waals surface area contributed by atoms with Gasteiger partial charge in [-0.3, -0.25) is 4.90 Å². The van der Waals surface area contributed by atoms with Crippen molar-refractivity contribution in [1.82, 2.24) is 15.2 Å². The van der Waals surface area contributed by atoms with E-state index >= 15 is 0 Å². The molecule has 2 aliphatic rings. The predicted octanol–water partition coefficient (Wildman–Crippen LogP) is 1.86. The van der Waals surface area contributed by atoms with Crippen molar-refractivity contribution in [3.63, 3.8) is 0 Å². The lowest BCUT2D eigenvalue weighted by Crippen LogP contribution is -2.51. The highest BCUT2D eigenvalue weighted by Crippen LogP contribution is 2.20. The van der Waals surface area contributed by atoms with Crippen molar-refractivity contribution in [3.05, 3.63) is 23.9 Å². The maximum absolute atomic E-state index is 4.83. The molecule has 4 nitrogen and oxygen atoms in total. The topological polar surface area (TPSA) is 31.4 Å². The van der Waals surface area contributed by atoms with Gasteiger partial charge in [-0.1, -0.05) is 13.0 Å². The van der Waals surface area contributed by atoms with Crippen LogP contribution in [0.3, 0.4) is 0 Å². The molecule has 1 aliphatic heterocycles. The minimum Gasteiger partial charge on any atom is -0.354 e. The van der Waals surface area contributed by atoms with E-state index in [1.165, 1.54) is 25.0 Å². The number of hydrogen-bond acceptors (Lipinski definition) is 4. The minimum absolute atomic E-state index is 0.652. The Morgan fingerprint density at radius 3 is 2.90 bits per heavy atom. The fourth-order valence-electron chi connectivity index (χ4n) is 2.87. The molecule has 1 unspecified atom stereocenters. The average Bonchev–Trinajstić information content (AvgIpc) is 3.30. The van der Waals surface area contributed by atoms with Gasteiger partial charge in [-0.25, -0.2) is 4.98 Å². The Labute approximate surface area is 122 Å². The molecule has 0 bridgehead atoms. The smallest absolute Gasteiger partial charge is 0.128 e. The second-order valence-electron chi connectivity index (χ2n) is 6.13. The highest BCUT2D eigenvalue weighted by Gasteiger charge is 2.24. The molecule has 1 aromatic heterocycles. The molecule has 3 rings (SSSR count). The molecule has 1 aliphatic carbocycles. The van der Waals surface area contributed by atoms with Gasteiger partial charge in [-0.05, 0) is 38.4 Å². The molecule has 2 heterocycles. The summed E-state index contributed by atoms with van der Waals surface area (Å²) < 4.78 is 0. The molecule has 0 aromatic carbocycles. The maximum atomic E-state index is 4.83. The van der Waals surface area contributed by atoms with Crippen molar-refractivity contribution in [2.45, 2.75) is 44.8 Å². The SMILES string of the molecule is CCC1CN(c2cccc(CNC3CC3)n2)CCN1C. The molecular weight excluding hydrogens is 248 g/mol. The van der Waals surface area contributed by atoms with E-state index in [0.717, 1.165) is 38.0 Å². The maximum Gasteiger partial charge on any atom is 0.128 e. The first-order valence-electron chi connectivity index (χ1n) is 7.90. The third kappa shape index (κ3) is 3.30. The number of nitrogens with one attached hydrogen (secondary N) is 1. The summed E-state index contributed by atoms with van der Waals surface area (Å²) in [4.78, 5) is 9.74. The molecule has 1 atom stereocenters. The summed E-state index contributed by atoms with van der Waals surface area (Å²) in [6.07, 6.45) is 3.86. The van der Waals surface area contributed by atoms with Crippen LogP contribution in [0, 0.1) is 0 Å². The molecule has 1 aromatic rings. The molecule has 1 saturated heterocycles. The van der Waals surface area contributed by atoms with Crippen LogP contribution >= 0.6 is 0 Å². The summed E-state index contributed by atoms with van der Waals surface area (Å²) in [6.45, 7) is 6.49. The molecule has 0 radical (unpaired) electrons. The molecule has 110 valence electrons. The molecular formula is C16H26N4. The second-order valence-corrected chi connectivity index (χ2v) is 6.13. The largest absolute Gasteiger partial charge is 0.354 e. The summed E-state index contributed by atoms with van der Waals surface area (Å²) in [6, 6.07) is 7.82. The first-order chi connectivity index (χ1) is 9.76. The lowest BCUT2D eigenvalue weighted by atomic mass is 10.1. The van der Waals surface area contributed by atoms with Gasteiger partial charge >= 0.3 is 0 Å². The molecule has 1 N–H and O–H groups in total. The highest BCUT2D eigenvalue weighted by atomic mass is 15.3. The van der Waals surface area contributed by atoms with Crippen LogP contribution in [0.15, 0.2) is 18.2 Å². The Morgan fingerprint density at radius 2 is 2.15 bits per heavy atom. The Bertz CT molecular complexity index is 444. The van der Waals surface area contributed by atoms with E-state index in [9.17, 15) is 0 Å². The standard InChI is InChI=1S/C16H26N4/c1-3-15-12-20(10-9-19(15)2)16-6-4-5-14(18-16)11-17-13-7-8-13/h4-6,13,15,17H,3,7-12H2,1-2H3. The van der Waals surface area contributed by atoms with Gasteiger partial charge in [0.1, 0.15) is 5.82 Å². The lowest BCUT2D eigenvalue weighted by molar-refractivity contribution is 0.213. The summed E-state index contributed by atoms with van der Waals surface area (Å²) in [5, 5.41) is 3.54. The van der Waals surface area contributed by atoms with Crippen LogP contribution in [-0.4, -0.2) is 48.6 Å². The number of hydrogen-bond donors (Lipinski definition) is 1. The third-order valence-corrected chi connectivity index (χ3v) is 4.51. The molecule has 2 fully saturated rings. The van der Waals surface area contributed by atoms with Crippen LogP contribution in [0.25, 0.3) is 0 Å².